The molecule has 0 fully saturated rings. The number of methoxy groups -OCH3 is 1. The minimum Gasteiger partial charge on any atom is -0.465 e. The zero-order chi connectivity index (χ0) is 33.9. The van der Waals surface area contributed by atoms with E-state index in [2.05, 4.69) is 16.0 Å². The minimum atomic E-state index is -0.669. The molecule has 0 aliphatic heterocycles. The molecule has 3 amide bonds. The number of hydrogen-bond donors (Lipinski definition) is 3. The van der Waals surface area contributed by atoms with Gasteiger partial charge in [0.1, 0.15) is 10.9 Å². The summed E-state index contributed by atoms with van der Waals surface area (Å²) in [5.41, 5.74) is 2.88. The standard InChI is InChI=1S/C38H30ClN3O5S/c1-47-38(46)31-17-8-9-18-32(31)41-37(45)34(26-12-4-2-5-13-26)48-30-21-19-29(20-22-30)40-36(44)33(24-25-11-10-16-28(39)23-25)42-35(43)27-14-6-3-7-15-27/h2-24,34H,1H3,(H,40,44)(H,41,45)(H,42,43)/b33-24-. The number of ether oxygens (including phenoxy) is 1. The smallest absolute Gasteiger partial charge is 0.339 e. The molecule has 5 aromatic carbocycles. The SMILES string of the molecule is COC(=O)c1ccccc1NC(=O)C(Sc1ccc(NC(=O)/C(=C/c2cccc(Cl)c2)NC(=O)c2ccccc2)cc1)c1ccccc1. The van der Waals surface area contributed by atoms with Crippen LogP contribution in [-0.2, 0) is 14.3 Å². The van der Waals surface area contributed by atoms with Crippen molar-refractivity contribution in [3.63, 3.8) is 0 Å². The zero-order valence-electron chi connectivity index (χ0n) is 25.7. The number of rotatable bonds is 11. The highest BCUT2D eigenvalue weighted by molar-refractivity contribution is 8.00. The molecule has 3 N–H and O–H groups in total. The maximum Gasteiger partial charge on any atom is 0.339 e. The Labute approximate surface area is 287 Å². The third-order valence-electron chi connectivity index (χ3n) is 6.99. The predicted octanol–water partition coefficient (Wildman–Crippen LogP) is 8.01. The molecule has 0 aromatic heterocycles. The third-order valence-corrected chi connectivity index (χ3v) is 8.49. The molecule has 48 heavy (non-hydrogen) atoms. The van der Waals surface area contributed by atoms with Crippen LogP contribution in [0.1, 0.15) is 37.1 Å². The van der Waals surface area contributed by atoms with E-state index in [0.717, 1.165) is 10.5 Å². The van der Waals surface area contributed by atoms with Crippen molar-refractivity contribution >= 4 is 64.5 Å². The normalized spacial score (nSPS) is 11.6. The first-order valence-electron chi connectivity index (χ1n) is 14.8. The van der Waals surface area contributed by atoms with E-state index in [-0.39, 0.29) is 17.2 Å². The highest BCUT2D eigenvalue weighted by Gasteiger charge is 2.24. The van der Waals surface area contributed by atoms with E-state index in [1.807, 2.05) is 30.3 Å². The fourth-order valence-electron chi connectivity index (χ4n) is 4.64. The Hall–Kier alpha value is -5.64. The number of thioether (sulfide) groups is 1. The van der Waals surface area contributed by atoms with E-state index in [4.69, 9.17) is 16.3 Å². The van der Waals surface area contributed by atoms with Gasteiger partial charge in [-0.15, -0.1) is 11.8 Å². The van der Waals surface area contributed by atoms with Crippen LogP contribution >= 0.6 is 23.4 Å². The maximum absolute atomic E-state index is 13.6. The molecule has 8 nitrogen and oxygen atoms in total. The summed E-state index contributed by atoms with van der Waals surface area (Å²) in [6, 6.07) is 38.4. The molecule has 240 valence electrons. The quantitative estimate of drug-likeness (QED) is 0.0743. The Morgan fingerprint density at radius 3 is 2.10 bits per heavy atom. The summed E-state index contributed by atoms with van der Waals surface area (Å²) < 4.78 is 4.87. The fraction of sp³-hybridized carbons (Fsp3) is 0.0526. The Balaban J connectivity index is 1.34. The maximum atomic E-state index is 13.6. The van der Waals surface area contributed by atoms with Gasteiger partial charge >= 0.3 is 5.97 Å². The molecular weight excluding hydrogens is 646 g/mol. The second-order valence-corrected chi connectivity index (χ2v) is 12.0. The molecule has 0 saturated heterocycles. The number of esters is 1. The van der Waals surface area contributed by atoms with Gasteiger partial charge in [-0.2, -0.15) is 0 Å². The second kappa shape index (κ2) is 16.3. The van der Waals surface area contributed by atoms with Crippen LogP contribution in [0.5, 0.6) is 0 Å². The van der Waals surface area contributed by atoms with Crippen LogP contribution in [0.4, 0.5) is 11.4 Å². The average Bonchev–Trinajstić information content (AvgIpc) is 3.11. The lowest BCUT2D eigenvalue weighted by molar-refractivity contribution is -0.116. The van der Waals surface area contributed by atoms with E-state index in [0.29, 0.717) is 27.5 Å². The summed E-state index contributed by atoms with van der Waals surface area (Å²) in [4.78, 5) is 53.1. The van der Waals surface area contributed by atoms with Crippen molar-refractivity contribution in [3.05, 3.63) is 166 Å². The van der Waals surface area contributed by atoms with Gasteiger partial charge in [-0.25, -0.2) is 4.79 Å². The van der Waals surface area contributed by atoms with Gasteiger partial charge < -0.3 is 20.7 Å². The van der Waals surface area contributed by atoms with Gasteiger partial charge in [-0.05, 0) is 77.9 Å². The first-order chi connectivity index (χ1) is 23.3. The molecule has 0 saturated carbocycles. The molecule has 0 aliphatic carbocycles. The number of benzene rings is 5. The molecule has 0 aliphatic rings. The van der Waals surface area contributed by atoms with E-state index in [1.54, 1.807) is 109 Å². The molecule has 1 unspecified atom stereocenters. The van der Waals surface area contributed by atoms with Crippen LogP contribution in [-0.4, -0.2) is 30.8 Å². The largest absolute Gasteiger partial charge is 0.465 e. The highest BCUT2D eigenvalue weighted by atomic mass is 35.5. The second-order valence-electron chi connectivity index (χ2n) is 10.3. The van der Waals surface area contributed by atoms with Crippen LogP contribution in [0.25, 0.3) is 6.08 Å². The summed E-state index contributed by atoms with van der Waals surface area (Å²) in [5, 5.41) is 8.25. The van der Waals surface area contributed by atoms with Crippen LogP contribution in [0.15, 0.2) is 144 Å². The number of carbonyl (C=O) groups excluding carboxylic acids is 4. The van der Waals surface area contributed by atoms with Crippen LogP contribution in [0.2, 0.25) is 5.02 Å². The van der Waals surface area contributed by atoms with Crippen molar-refractivity contribution in [1.82, 2.24) is 5.32 Å². The number of nitrogens with one attached hydrogen (secondary N) is 3. The molecular formula is C38H30ClN3O5S. The van der Waals surface area contributed by atoms with Crippen molar-refractivity contribution in [2.24, 2.45) is 0 Å². The average molecular weight is 676 g/mol. The van der Waals surface area contributed by atoms with Gasteiger partial charge in [0.2, 0.25) is 5.91 Å². The Morgan fingerprint density at radius 1 is 0.750 bits per heavy atom. The summed E-state index contributed by atoms with van der Waals surface area (Å²) in [5.74, 6) is -1.86. The van der Waals surface area contributed by atoms with E-state index in [1.165, 1.54) is 18.9 Å². The molecule has 0 bridgehead atoms. The monoisotopic (exact) mass is 675 g/mol. The van der Waals surface area contributed by atoms with Gasteiger partial charge in [-0.3, -0.25) is 14.4 Å². The molecule has 0 radical (unpaired) electrons. The lowest BCUT2D eigenvalue weighted by Crippen LogP contribution is -2.30. The molecule has 10 heteroatoms. The summed E-state index contributed by atoms with van der Waals surface area (Å²) in [6.07, 6.45) is 1.55. The number of hydrogen-bond acceptors (Lipinski definition) is 6. The topological polar surface area (TPSA) is 114 Å². The summed E-state index contributed by atoms with van der Waals surface area (Å²) in [7, 11) is 1.28. The summed E-state index contributed by atoms with van der Waals surface area (Å²) in [6.45, 7) is 0. The molecule has 1 atom stereocenters. The van der Waals surface area contributed by atoms with Crippen LogP contribution in [0.3, 0.4) is 0 Å². The number of anilines is 2. The van der Waals surface area contributed by atoms with E-state index < -0.39 is 23.0 Å². The summed E-state index contributed by atoms with van der Waals surface area (Å²) >= 11 is 7.46. The highest BCUT2D eigenvalue weighted by Crippen LogP contribution is 2.37. The number of halogens is 1. The van der Waals surface area contributed by atoms with Crippen molar-refractivity contribution in [3.8, 4) is 0 Å². The Morgan fingerprint density at radius 2 is 1.42 bits per heavy atom. The molecule has 0 spiro atoms. The van der Waals surface area contributed by atoms with Gasteiger partial charge in [-0.1, -0.05) is 84.4 Å². The number of amides is 3. The van der Waals surface area contributed by atoms with Crippen molar-refractivity contribution in [2.45, 2.75) is 10.1 Å². The van der Waals surface area contributed by atoms with Crippen molar-refractivity contribution < 1.29 is 23.9 Å². The fourth-order valence-corrected chi connectivity index (χ4v) is 5.86. The van der Waals surface area contributed by atoms with Crippen molar-refractivity contribution in [2.75, 3.05) is 17.7 Å². The van der Waals surface area contributed by atoms with Crippen LogP contribution < -0.4 is 16.0 Å². The van der Waals surface area contributed by atoms with E-state index >= 15 is 0 Å². The third kappa shape index (κ3) is 9.00. The van der Waals surface area contributed by atoms with Crippen LogP contribution in [0, 0.1) is 0 Å². The predicted molar refractivity (Wildman–Crippen MR) is 190 cm³/mol. The first-order valence-corrected chi connectivity index (χ1v) is 16.0. The zero-order valence-corrected chi connectivity index (χ0v) is 27.3. The first kappa shape index (κ1) is 33.7. The lowest BCUT2D eigenvalue weighted by atomic mass is 10.1. The van der Waals surface area contributed by atoms with Crippen molar-refractivity contribution in [1.29, 1.82) is 0 Å². The Kier molecular flexibility index (Phi) is 11.4. The lowest BCUT2D eigenvalue weighted by Gasteiger charge is -2.18. The molecule has 5 rings (SSSR count). The number of carbonyl (C=O) groups is 4. The van der Waals surface area contributed by atoms with Gasteiger partial charge in [0.15, 0.2) is 0 Å². The minimum absolute atomic E-state index is 0.0256. The van der Waals surface area contributed by atoms with Gasteiger partial charge in [0.05, 0.1) is 18.4 Å². The van der Waals surface area contributed by atoms with Gasteiger partial charge in [0, 0.05) is 21.2 Å². The molecule has 5 aromatic rings. The van der Waals surface area contributed by atoms with E-state index in [9.17, 15) is 19.2 Å². The Bertz CT molecular complexity index is 1950. The van der Waals surface area contributed by atoms with Gasteiger partial charge in [0.25, 0.3) is 11.8 Å². The molecule has 0 heterocycles. The number of para-hydroxylation sites is 1.